The van der Waals surface area contributed by atoms with Crippen molar-refractivity contribution in [2.75, 3.05) is 0 Å². The van der Waals surface area contributed by atoms with Crippen molar-refractivity contribution >= 4 is 11.3 Å². The van der Waals surface area contributed by atoms with Gasteiger partial charge in [0.05, 0.1) is 16.1 Å². The fraction of sp³-hybridized carbons (Fsp3) is 0.636. The van der Waals surface area contributed by atoms with Crippen LogP contribution in [0, 0.1) is 0 Å². The smallest absolute Gasteiger partial charge is 0.194 e. The van der Waals surface area contributed by atoms with Gasteiger partial charge in [-0.15, -0.1) is 11.3 Å². The Bertz CT molecular complexity index is 298. The van der Waals surface area contributed by atoms with Gasteiger partial charge in [0.2, 0.25) is 0 Å². The molecule has 1 aliphatic rings. The Morgan fingerprint density at radius 3 is 2.14 bits per heavy atom. The lowest BCUT2D eigenvalue weighted by molar-refractivity contribution is -0.0871. The lowest BCUT2D eigenvalue weighted by Crippen LogP contribution is -2.41. The normalized spacial score (nSPS) is 25.4. The molecule has 0 bridgehead atoms. The van der Waals surface area contributed by atoms with Crippen LogP contribution >= 0.6 is 11.3 Å². The van der Waals surface area contributed by atoms with Crippen LogP contribution in [0.2, 0.25) is 0 Å². The zero-order valence-corrected chi connectivity index (χ0v) is 9.85. The van der Waals surface area contributed by atoms with Crippen LogP contribution in [0.25, 0.3) is 0 Å². The summed E-state index contributed by atoms with van der Waals surface area (Å²) in [4.78, 5) is 1.14. The van der Waals surface area contributed by atoms with Crippen molar-refractivity contribution < 1.29 is 9.47 Å². The van der Waals surface area contributed by atoms with Crippen LogP contribution in [0.3, 0.4) is 0 Å². The lowest BCUT2D eigenvalue weighted by Gasteiger charge is -2.30. The molecule has 1 aliphatic heterocycles. The summed E-state index contributed by atoms with van der Waals surface area (Å²) >= 11 is 1.67. The van der Waals surface area contributed by atoms with Gasteiger partial charge < -0.3 is 9.47 Å². The summed E-state index contributed by atoms with van der Waals surface area (Å²) in [6, 6.07) is 4.07. The summed E-state index contributed by atoms with van der Waals surface area (Å²) in [5, 5.41) is 2.04. The average molecular weight is 212 g/mol. The second kappa shape index (κ2) is 3.05. The Kier molecular flexibility index (Phi) is 2.21. The van der Waals surface area contributed by atoms with E-state index in [-0.39, 0.29) is 17.5 Å². The zero-order valence-electron chi connectivity index (χ0n) is 9.03. The Morgan fingerprint density at radius 1 is 1.14 bits per heavy atom. The van der Waals surface area contributed by atoms with Crippen LogP contribution in [-0.2, 0) is 9.47 Å². The molecule has 78 valence electrons. The SMILES string of the molecule is CC1(C)OC(c2cccs2)OC1(C)C. The largest absolute Gasteiger partial charge is 0.339 e. The highest BCUT2D eigenvalue weighted by atomic mass is 32.1. The quantitative estimate of drug-likeness (QED) is 0.710. The molecular weight excluding hydrogens is 196 g/mol. The molecule has 0 aromatic carbocycles. The van der Waals surface area contributed by atoms with Gasteiger partial charge in [0.15, 0.2) is 6.29 Å². The predicted octanol–water partition coefficient (Wildman–Crippen LogP) is 3.35. The van der Waals surface area contributed by atoms with Crippen molar-refractivity contribution in [2.45, 2.75) is 45.2 Å². The van der Waals surface area contributed by atoms with Gasteiger partial charge in [-0.05, 0) is 39.1 Å². The standard InChI is InChI=1S/C11H16O2S/c1-10(2)11(3,4)13-9(12-10)8-6-5-7-14-8/h5-7,9H,1-4H3. The number of rotatable bonds is 1. The third-order valence-electron chi connectivity index (χ3n) is 3.03. The van der Waals surface area contributed by atoms with Gasteiger partial charge in [-0.2, -0.15) is 0 Å². The average Bonchev–Trinajstić information content (AvgIpc) is 2.58. The molecule has 1 aromatic rings. The summed E-state index contributed by atoms with van der Waals surface area (Å²) in [6.45, 7) is 8.28. The molecule has 1 aromatic heterocycles. The number of hydrogen-bond donors (Lipinski definition) is 0. The zero-order chi connectivity index (χ0) is 10.4. The summed E-state index contributed by atoms with van der Waals surface area (Å²) in [6.07, 6.45) is -0.194. The topological polar surface area (TPSA) is 18.5 Å². The van der Waals surface area contributed by atoms with E-state index in [1.54, 1.807) is 11.3 Å². The van der Waals surface area contributed by atoms with Crippen molar-refractivity contribution in [3.05, 3.63) is 22.4 Å². The summed E-state index contributed by atoms with van der Waals surface area (Å²) in [7, 11) is 0. The van der Waals surface area contributed by atoms with E-state index in [4.69, 9.17) is 9.47 Å². The van der Waals surface area contributed by atoms with Gasteiger partial charge in [0.25, 0.3) is 0 Å². The molecule has 0 radical (unpaired) electrons. The first-order valence-corrected chi connectivity index (χ1v) is 5.69. The molecule has 3 heteroatoms. The van der Waals surface area contributed by atoms with E-state index in [0.717, 1.165) is 4.88 Å². The van der Waals surface area contributed by atoms with Gasteiger partial charge in [-0.25, -0.2) is 0 Å². The highest BCUT2D eigenvalue weighted by molar-refractivity contribution is 7.10. The predicted molar refractivity (Wildman–Crippen MR) is 57.4 cm³/mol. The van der Waals surface area contributed by atoms with Gasteiger partial charge >= 0.3 is 0 Å². The van der Waals surface area contributed by atoms with Crippen LogP contribution in [0.5, 0.6) is 0 Å². The molecule has 0 spiro atoms. The van der Waals surface area contributed by atoms with E-state index in [1.807, 2.05) is 17.5 Å². The number of hydrogen-bond acceptors (Lipinski definition) is 3. The van der Waals surface area contributed by atoms with Crippen LogP contribution < -0.4 is 0 Å². The minimum atomic E-state index is -0.234. The number of thiophene rings is 1. The Morgan fingerprint density at radius 2 is 1.71 bits per heavy atom. The van der Waals surface area contributed by atoms with Crippen molar-refractivity contribution in [2.24, 2.45) is 0 Å². The third kappa shape index (κ3) is 1.49. The Labute approximate surface area is 88.8 Å². The van der Waals surface area contributed by atoms with Crippen molar-refractivity contribution in [1.29, 1.82) is 0 Å². The maximum atomic E-state index is 5.90. The molecule has 2 heterocycles. The van der Waals surface area contributed by atoms with Gasteiger partial charge in [-0.1, -0.05) is 6.07 Å². The van der Waals surface area contributed by atoms with E-state index in [2.05, 4.69) is 27.7 Å². The van der Waals surface area contributed by atoms with E-state index < -0.39 is 0 Å². The first-order valence-electron chi connectivity index (χ1n) is 4.81. The van der Waals surface area contributed by atoms with Crippen molar-refractivity contribution in [3.63, 3.8) is 0 Å². The van der Waals surface area contributed by atoms with E-state index in [1.165, 1.54) is 0 Å². The van der Waals surface area contributed by atoms with E-state index >= 15 is 0 Å². The minimum absolute atomic E-state index is 0.194. The van der Waals surface area contributed by atoms with Gasteiger partial charge in [0.1, 0.15) is 0 Å². The lowest BCUT2D eigenvalue weighted by atomic mass is 9.90. The molecule has 0 amide bonds. The van der Waals surface area contributed by atoms with Crippen LogP contribution in [0.15, 0.2) is 17.5 Å². The highest BCUT2D eigenvalue weighted by Gasteiger charge is 2.49. The summed E-state index contributed by atoms with van der Waals surface area (Å²) < 4.78 is 11.8. The van der Waals surface area contributed by atoms with Crippen LogP contribution in [0.4, 0.5) is 0 Å². The molecular formula is C11H16O2S. The van der Waals surface area contributed by atoms with Gasteiger partial charge in [-0.3, -0.25) is 0 Å². The fourth-order valence-corrected chi connectivity index (χ4v) is 2.06. The van der Waals surface area contributed by atoms with Crippen LogP contribution in [0.1, 0.15) is 38.9 Å². The molecule has 2 rings (SSSR count). The minimum Gasteiger partial charge on any atom is -0.339 e. The Hall–Kier alpha value is -0.380. The van der Waals surface area contributed by atoms with E-state index in [9.17, 15) is 0 Å². The first-order chi connectivity index (χ1) is 6.42. The molecule has 0 saturated carbocycles. The van der Waals surface area contributed by atoms with Crippen LogP contribution in [-0.4, -0.2) is 11.2 Å². The van der Waals surface area contributed by atoms with Gasteiger partial charge in [0, 0.05) is 0 Å². The maximum Gasteiger partial charge on any atom is 0.194 e. The first kappa shape index (κ1) is 10.1. The summed E-state index contributed by atoms with van der Waals surface area (Å²) in [5.41, 5.74) is -0.469. The molecule has 1 fully saturated rings. The van der Waals surface area contributed by atoms with Crippen molar-refractivity contribution in [3.8, 4) is 0 Å². The highest BCUT2D eigenvalue weighted by Crippen LogP contribution is 2.45. The molecule has 0 aliphatic carbocycles. The summed E-state index contributed by atoms with van der Waals surface area (Å²) in [5.74, 6) is 0. The second-order valence-electron chi connectivity index (χ2n) is 4.60. The monoisotopic (exact) mass is 212 g/mol. The molecule has 0 unspecified atom stereocenters. The molecule has 0 atom stereocenters. The molecule has 0 N–H and O–H groups in total. The molecule has 2 nitrogen and oxygen atoms in total. The van der Waals surface area contributed by atoms with Crippen molar-refractivity contribution in [1.82, 2.24) is 0 Å². The number of ether oxygens (including phenoxy) is 2. The fourth-order valence-electron chi connectivity index (χ4n) is 1.38. The Balaban J connectivity index is 2.22. The second-order valence-corrected chi connectivity index (χ2v) is 5.58. The maximum absolute atomic E-state index is 5.90. The van der Waals surface area contributed by atoms with E-state index in [0.29, 0.717) is 0 Å². The molecule has 14 heavy (non-hydrogen) atoms. The third-order valence-corrected chi connectivity index (χ3v) is 3.92. The molecule has 1 saturated heterocycles.